The van der Waals surface area contributed by atoms with E-state index >= 15 is 0 Å². The number of rotatable bonds is 6. The molecule has 0 radical (unpaired) electrons. The number of imidazole rings is 1. The summed E-state index contributed by atoms with van der Waals surface area (Å²) in [5.74, 6) is 0. The highest BCUT2D eigenvalue weighted by molar-refractivity contribution is 4.95. The molecule has 0 atom stereocenters. The van der Waals surface area contributed by atoms with Crippen LogP contribution in [-0.2, 0) is 19.5 Å². The second-order valence-electron chi connectivity index (χ2n) is 3.41. The smallest absolute Gasteiger partial charge is 0.233 e. The average Bonchev–Trinajstić information content (AvgIpc) is 2.50. The van der Waals surface area contributed by atoms with Crippen LogP contribution in [0.2, 0.25) is 0 Å². The van der Waals surface area contributed by atoms with Crippen LogP contribution in [0.4, 0.5) is 0 Å². The minimum atomic E-state index is 0.876. The Kier molecular flexibility index (Phi) is 4.17. The predicted octanol–water partition coefficient (Wildman–Crippen LogP) is 2.10. The molecule has 0 spiro atoms. The Morgan fingerprint density at radius 2 is 2.21 bits per heavy atom. The molecule has 0 unspecified atom stereocenters. The van der Waals surface area contributed by atoms with Crippen molar-refractivity contribution >= 4 is 0 Å². The molecule has 1 heterocycles. The maximum atomic E-state index is 3.76. The number of hydrogen-bond acceptors (Lipinski definition) is 0. The maximum Gasteiger partial charge on any atom is 0.244 e. The molecule has 2 heteroatoms. The lowest BCUT2D eigenvalue weighted by Crippen LogP contribution is -2.29. The third-order valence-corrected chi connectivity index (χ3v) is 2.14. The summed E-state index contributed by atoms with van der Waals surface area (Å²) in [6.07, 6.45) is 10.4. The first-order valence-electron chi connectivity index (χ1n) is 5.11. The fourth-order valence-corrected chi connectivity index (χ4v) is 1.57. The Morgan fingerprint density at radius 3 is 2.79 bits per heavy atom. The van der Waals surface area contributed by atoms with Gasteiger partial charge in [0.2, 0.25) is 6.33 Å². The minimum Gasteiger partial charge on any atom is -0.233 e. The van der Waals surface area contributed by atoms with E-state index in [-0.39, 0.29) is 0 Å². The summed E-state index contributed by atoms with van der Waals surface area (Å²) in [6, 6.07) is 0. The molecule has 0 bridgehead atoms. The van der Waals surface area contributed by atoms with E-state index in [4.69, 9.17) is 0 Å². The van der Waals surface area contributed by atoms with Gasteiger partial charge < -0.3 is 0 Å². The predicted molar refractivity (Wildman–Crippen MR) is 59.0 cm³/mol. The third-order valence-electron chi connectivity index (χ3n) is 2.14. The van der Waals surface area contributed by atoms with Gasteiger partial charge in [0.25, 0.3) is 0 Å². The monoisotopic (exact) mass is 191 g/mol. The summed E-state index contributed by atoms with van der Waals surface area (Å²) in [5.41, 5.74) is 1.37. The summed E-state index contributed by atoms with van der Waals surface area (Å²) in [4.78, 5) is 0. The van der Waals surface area contributed by atoms with Crippen molar-refractivity contribution in [3.05, 3.63) is 43.5 Å². The van der Waals surface area contributed by atoms with Crippen molar-refractivity contribution in [3.8, 4) is 0 Å². The van der Waals surface area contributed by atoms with Crippen molar-refractivity contribution in [2.45, 2.75) is 32.9 Å². The van der Waals surface area contributed by atoms with Gasteiger partial charge in [-0.3, -0.25) is 0 Å². The van der Waals surface area contributed by atoms with Crippen molar-refractivity contribution in [1.29, 1.82) is 0 Å². The molecular formula is C12H19N2+. The summed E-state index contributed by atoms with van der Waals surface area (Å²) < 4.78 is 4.39. The van der Waals surface area contributed by atoms with Gasteiger partial charge in [0, 0.05) is 6.42 Å². The van der Waals surface area contributed by atoms with Crippen LogP contribution in [-0.4, -0.2) is 4.57 Å². The fraction of sp³-hybridized carbons (Fsp3) is 0.417. The van der Waals surface area contributed by atoms with Crippen molar-refractivity contribution in [2.24, 2.45) is 0 Å². The molecule has 0 aliphatic carbocycles. The molecule has 0 aliphatic rings. The zero-order valence-electron chi connectivity index (χ0n) is 8.95. The molecular weight excluding hydrogens is 172 g/mol. The fourth-order valence-electron chi connectivity index (χ4n) is 1.57. The van der Waals surface area contributed by atoms with Crippen LogP contribution in [0.25, 0.3) is 0 Å². The minimum absolute atomic E-state index is 0.876. The van der Waals surface area contributed by atoms with Crippen molar-refractivity contribution in [1.82, 2.24) is 4.57 Å². The quantitative estimate of drug-likeness (QED) is 0.481. The first kappa shape index (κ1) is 10.8. The molecule has 2 nitrogen and oxygen atoms in total. The first-order valence-corrected chi connectivity index (χ1v) is 5.11. The number of allylic oxidation sites excluding steroid dienone is 2. The molecule has 0 N–H and O–H groups in total. The molecule has 1 aromatic rings. The van der Waals surface area contributed by atoms with Crippen LogP contribution in [0.1, 0.15) is 19.0 Å². The number of aryl methyl sites for hydroxylation is 1. The normalized spacial score (nSPS) is 10.1. The maximum absolute atomic E-state index is 3.76. The van der Waals surface area contributed by atoms with Gasteiger partial charge in [-0.25, -0.2) is 9.13 Å². The molecule has 1 aromatic heterocycles. The van der Waals surface area contributed by atoms with E-state index in [9.17, 15) is 0 Å². The van der Waals surface area contributed by atoms with Crippen molar-refractivity contribution in [2.75, 3.05) is 0 Å². The van der Waals surface area contributed by atoms with Crippen LogP contribution < -0.4 is 4.57 Å². The Morgan fingerprint density at radius 1 is 1.43 bits per heavy atom. The van der Waals surface area contributed by atoms with E-state index in [1.165, 1.54) is 12.1 Å². The molecule has 0 saturated heterocycles. The van der Waals surface area contributed by atoms with E-state index in [0.717, 1.165) is 19.5 Å². The average molecular weight is 191 g/mol. The van der Waals surface area contributed by atoms with E-state index in [1.54, 1.807) is 0 Å². The second-order valence-corrected chi connectivity index (χ2v) is 3.41. The van der Waals surface area contributed by atoms with Gasteiger partial charge in [-0.1, -0.05) is 32.2 Å². The highest BCUT2D eigenvalue weighted by atomic mass is 15.1. The summed E-state index contributed by atoms with van der Waals surface area (Å²) in [6.45, 7) is 11.5. The molecule has 0 fully saturated rings. The van der Waals surface area contributed by atoms with Gasteiger partial charge in [-0.05, 0) is 6.42 Å². The van der Waals surface area contributed by atoms with Crippen LogP contribution >= 0.6 is 0 Å². The highest BCUT2D eigenvalue weighted by Gasteiger charge is 2.09. The Hall–Kier alpha value is -1.31. The van der Waals surface area contributed by atoms with Gasteiger partial charge in [0.15, 0.2) is 0 Å². The Balaban J connectivity index is 2.86. The van der Waals surface area contributed by atoms with Crippen molar-refractivity contribution in [3.63, 3.8) is 0 Å². The lowest BCUT2D eigenvalue weighted by molar-refractivity contribution is -0.686. The number of aromatic nitrogens is 2. The molecule has 0 amide bonds. The largest absolute Gasteiger partial charge is 0.244 e. The van der Waals surface area contributed by atoms with Gasteiger partial charge in [0.05, 0.1) is 0 Å². The molecule has 1 rings (SSSR count). The lowest BCUT2D eigenvalue weighted by atomic mass is 10.2. The Bertz CT molecular complexity index is 310. The topological polar surface area (TPSA) is 8.81 Å². The zero-order chi connectivity index (χ0) is 10.4. The number of nitrogens with zero attached hydrogens (tertiary/aromatic N) is 2. The SMILES string of the molecule is C=CCn1c[n+](CC=C)cc1CCC. The summed E-state index contributed by atoms with van der Waals surface area (Å²) in [7, 11) is 0. The molecule has 0 aromatic carbocycles. The van der Waals surface area contributed by atoms with E-state index in [2.05, 4.69) is 41.7 Å². The van der Waals surface area contributed by atoms with Gasteiger partial charge in [0.1, 0.15) is 25.0 Å². The first-order chi connectivity index (χ1) is 6.81. The molecule has 0 aliphatic heterocycles. The zero-order valence-corrected chi connectivity index (χ0v) is 8.95. The molecule has 14 heavy (non-hydrogen) atoms. The van der Waals surface area contributed by atoms with E-state index < -0.39 is 0 Å². The van der Waals surface area contributed by atoms with Gasteiger partial charge >= 0.3 is 0 Å². The number of hydrogen-bond donors (Lipinski definition) is 0. The lowest BCUT2D eigenvalue weighted by Gasteiger charge is -1.94. The summed E-state index contributed by atoms with van der Waals surface area (Å²) in [5, 5.41) is 0. The van der Waals surface area contributed by atoms with E-state index in [0.29, 0.717) is 0 Å². The second kappa shape index (κ2) is 5.43. The Labute approximate surface area is 86.2 Å². The van der Waals surface area contributed by atoms with Crippen LogP contribution in [0, 0.1) is 0 Å². The molecule has 76 valence electrons. The molecule has 0 saturated carbocycles. The van der Waals surface area contributed by atoms with Crippen LogP contribution in [0.5, 0.6) is 0 Å². The van der Waals surface area contributed by atoms with Gasteiger partial charge in [-0.2, -0.15) is 0 Å². The standard InChI is InChI=1S/C12H19N2/c1-4-7-12-10-13(8-5-2)11-14(12)9-6-3/h5-6,10-11H,2-4,7-9H2,1H3/q+1. The summed E-state index contributed by atoms with van der Waals surface area (Å²) >= 11 is 0. The van der Waals surface area contributed by atoms with Crippen molar-refractivity contribution < 1.29 is 4.57 Å². The van der Waals surface area contributed by atoms with Crippen LogP contribution in [0.15, 0.2) is 37.8 Å². The third kappa shape index (κ3) is 2.59. The van der Waals surface area contributed by atoms with Crippen LogP contribution in [0.3, 0.4) is 0 Å². The van der Waals surface area contributed by atoms with Gasteiger partial charge in [-0.15, -0.1) is 0 Å². The van der Waals surface area contributed by atoms with E-state index in [1.807, 2.05) is 12.2 Å². The highest BCUT2D eigenvalue weighted by Crippen LogP contribution is 2.01.